The minimum absolute atomic E-state index is 0.172. The SMILES string of the molecule is CCCCN1C(=O)CCc2cc(NC(=O)c3ccc(OCC)c(OCC)c3)ccc21. The summed E-state index contributed by atoms with van der Waals surface area (Å²) in [6, 6.07) is 10.9. The molecule has 0 saturated heterocycles. The number of ether oxygens (including phenoxy) is 2. The standard InChI is InChI=1S/C24H30N2O4/c1-4-7-14-26-20-11-10-19(15-17(20)9-13-23(26)27)25-24(28)18-8-12-21(29-5-2)22(16-18)30-6-3/h8,10-12,15-16H,4-7,9,13-14H2,1-3H3,(H,25,28). The van der Waals surface area contributed by atoms with Crippen molar-refractivity contribution in [1.29, 1.82) is 0 Å². The number of carbonyl (C=O) groups is 2. The van der Waals surface area contributed by atoms with E-state index in [0.29, 0.717) is 43.1 Å². The molecule has 0 saturated carbocycles. The largest absolute Gasteiger partial charge is 0.490 e. The fourth-order valence-electron chi connectivity index (χ4n) is 3.59. The molecule has 6 heteroatoms. The van der Waals surface area contributed by atoms with Gasteiger partial charge in [-0.15, -0.1) is 0 Å². The van der Waals surface area contributed by atoms with Gasteiger partial charge in [-0.1, -0.05) is 13.3 Å². The Morgan fingerprint density at radius 2 is 1.77 bits per heavy atom. The van der Waals surface area contributed by atoms with Gasteiger partial charge < -0.3 is 19.7 Å². The van der Waals surface area contributed by atoms with Crippen molar-refractivity contribution in [3.05, 3.63) is 47.5 Å². The maximum Gasteiger partial charge on any atom is 0.255 e. The molecular formula is C24H30N2O4. The van der Waals surface area contributed by atoms with Crippen molar-refractivity contribution in [2.45, 2.75) is 46.5 Å². The monoisotopic (exact) mass is 410 g/mol. The highest BCUT2D eigenvalue weighted by Crippen LogP contribution is 2.32. The Hall–Kier alpha value is -3.02. The Morgan fingerprint density at radius 3 is 2.50 bits per heavy atom. The minimum Gasteiger partial charge on any atom is -0.490 e. The summed E-state index contributed by atoms with van der Waals surface area (Å²) in [4.78, 5) is 27.0. The fraction of sp³-hybridized carbons (Fsp3) is 0.417. The molecule has 0 atom stereocenters. The molecule has 6 nitrogen and oxygen atoms in total. The van der Waals surface area contributed by atoms with Gasteiger partial charge in [-0.2, -0.15) is 0 Å². The van der Waals surface area contributed by atoms with Crippen molar-refractivity contribution in [2.75, 3.05) is 30.0 Å². The molecule has 0 fully saturated rings. The van der Waals surface area contributed by atoms with E-state index in [4.69, 9.17) is 9.47 Å². The van der Waals surface area contributed by atoms with Crippen molar-refractivity contribution in [3.8, 4) is 11.5 Å². The van der Waals surface area contributed by atoms with Crippen LogP contribution in [0.4, 0.5) is 11.4 Å². The van der Waals surface area contributed by atoms with Gasteiger partial charge in [0.05, 0.1) is 13.2 Å². The fourth-order valence-corrected chi connectivity index (χ4v) is 3.59. The molecule has 1 heterocycles. The predicted molar refractivity (Wildman–Crippen MR) is 119 cm³/mol. The molecule has 0 aromatic heterocycles. The smallest absolute Gasteiger partial charge is 0.255 e. The third kappa shape index (κ3) is 4.93. The normalized spacial score (nSPS) is 13.0. The van der Waals surface area contributed by atoms with E-state index in [9.17, 15) is 9.59 Å². The highest BCUT2D eigenvalue weighted by Gasteiger charge is 2.24. The molecule has 2 amide bonds. The lowest BCUT2D eigenvalue weighted by Gasteiger charge is -2.29. The van der Waals surface area contributed by atoms with Crippen LogP contribution in [0.1, 0.15) is 56.0 Å². The second-order valence-corrected chi connectivity index (χ2v) is 7.22. The predicted octanol–water partition coefficient (Wildman–Crippen LogP) is 4.82. The molecule has 0 unspecified atom stereocenters. The van der Waals surface area contributed by atoms with E-state index < -0.39 is 0 Å². The van der Waals surface area contributed by atoms with E-state index in [1.54, 1.807) is 18.2 Å². The number of anilines is 2. The number of amides is 2. The third-order valence-corrected chi connectivity index (χ3v) is 5.08. The summed E-state index contributed by atoms with van der Waals surface area (Å²) < 4.78 is 11.2. The van der Waals surface area contributed by atoms with E-state index >= 15 is 0 Å². The Kier molecular flexibility index (Phi) is 7.33. The number of rotatable bonds is 9. The molecule has 1 N–H and O–H groups in total. The number of aryl methyl sites for hydroxylation is 1. The van der Waals surface area contributed by atoms with Crippen LogP contribution in [-0.4, -0.2) is 31.6 Å². The van der Waals surface area contributed by atoms with Gasteiger partial charge in [0.25, 0.3) is 5.91 Å². The van der Waals surface area contributed by atoms with Crippen molar-refractivity contribution in [1.82, 2.24) is 0 Å². The lowest BCUT2D eigenvalue weighted by Crippen LogP contribution is -2.35. The Labute approximate surface area is 178 Å². The lowest BCUT2D eigenvalue weighted by molar-refractivity contribution is -0.118. The summed E-state index contributed by atoms with van der Waals surface area (Å²) in [6.07, 6.45) is 3.21. The number of benzene rings is 2. The third-order valence-electron chi connectivity index (χ3n) is 5.08. The maximum atomic E-state index is 12.8. The molecule has 2 aromatic carbocycles. The van der Waals surface area contributed by atoms with Crippen LogP contribution in [0.2, 0.25) is 0 Å². The molecule has 0 aliphatic carbocycles. The van der Waals surface area contributed by atoms with Crippen LogP contribution in [0.5, 0.6) is 11.5 Å². The van der Waals surface area contributed by atoms with Crippen LogP contribution in [0, 0.1) is 0 Å². The number of nitrogens with one attached hydrogen (secondary N) is 1. The Morgan fingerprint density at radius 1 is 1.00 bits per heavy atom. The first kappa shape index (κ1) is 21.7. The van der Waals surface area contributed by atoms with Crippen molar-refractivity contribution in [3.63, 3.8) is 0 Å². The van der Waals surface area contributed by atoms with Crippen LogP contribution < -0.4 is 19.7 Å². The van der Waals surface area contributed by atoms with Gasteiger partial charge in [0.2, 0.25) is 5.91 Å². The summed E-state index contributed by atoms with van der Waals surface area (Å²) in [5.41, 5.74) is 3.26. The lowest BCUT2D eigenvalue weighted by atomic mass is 10.00. The zero-order valence-electron chi connectivity index (χ0n) is 18.0. The second-order valence-electron chi connectivity index (χ2n) is 7.22. The van der Waals surface area contributed by atoms with Crippen LogP contribution in [-0.2, 0) is 11.2 Å². The maximum absolute atomic E-state index is 12.8. The van der Waals surface area contributed by atoms with E-state index in [-0.39, 0.29) is 11.8 Å². The number of unbranched alkanes of at least 4 members (excludes halogenated alkanes) is 1. The van der Waals surface area contributed by atoms with E-state index in [1.807, 2.05) is 36.9 Å². The molecule has 0 spiro atoms. The average Bonchev–Trinajstić information content (AvgIpc) is 2.74. The van der Waals surface area contributed by atoms with Gasteiger partial charge in [-0.3, -0.25) is 9.59 Å². The summed E-state index contributed by atoms with van der Waals surface area (Å²) in [6.45, 7) is 7.67. The summed E-state index contributed by atoms with van der Waals surface area (Å²) in [7, 11) is 0. The quantitative estimate of drug-likeness (QED) is 0.644. The molecule has 0 radical (unpaired) electrons. The molecule has 1 aliphatic rings. The number of carbonyl (C=O) groups excluding carboxylic acids is 2. The molecular weight excluding hydrogens is 380 g/mol. The summed E-state index contributed by atoms with van der Waals surface area (Å²) in [5.74, 6) is 1.14. The first-order chi connectivity index (χ1) is 14.6. The molecule has 30 heavy (non-hydrogen) atoms. The van der Waals surface area contributed by atoms with Gasteiger partial charge in [0, 0.05) is 29.9 Å². The highest BCUT2D eigenvalue weighted by atomic mass is 16.5. The molecule has 1 aliphatic heterocycles. The molecule has 0 bridgehead atoms. The van der Waals surface area contributed by atoms with E-state index in [2.05, 4.69) is 12.2 Å². The van der Waals surface area contributed by atoms with Crippen LogP contribution in [0.15, 0.2) is 36.4 Å². The Bertz CT molecular complexity index is 910. The molecule has 160 valence electrons. The van der Waals surface area contributed by atoms with Crippen LogP contribution in [0.25, 0.3) is 0 Å². The zero-order chi connectivity index (χ0) is 21.5. The minimum atomic E-state index is -0.214. The van der Waals surface area contributed by atoms with Crippen molar-refractivity contribution >= 4 is 23.2 Å². The summed E-state index contributed by atoms with van der Waals surface area (Å²) in [5, 5.41) is 2.96. The van der Waals surface area contributed by atoms with Gasteiger partial charge in [0.1, 0.15) is 0 Å². The number of hydrogen-bond donors (Lipinski definition) is 1. The summed E-state index contributed by atoms with van der Waals surface area (Å²) >= 11 is 0. The zero-order valence-corrected chi connectivity index (χ0v) is 18.0. The topological polar surface area (TPSA) is 67.9 Å². The average molecular weight is 411 g/mol. The molecule has 3 rings (SSSR count). The molecule has 2 aromatic rings. The van der Waals surface area contributed by atoms with Crippen molar-refractivity contribution < 1.29 is 19.1 Å². The highest BCUT2D eigenvalue weighted by molar-refractivity contribution is 6.05. The number of fused-ring (bicyclic) bond motifs is 1. The van der Waals surface area contributed by atoms with Crippen LogP contribution in [0.3, 0.4) is 0 Å². The number of nitrogens with zero attached hydrogens (tertiary/aromatic N) is 1. The van der Waals surface area contributed by atoms with Gasteiger partial charge >= 0.3 is 0 Å². The van der Waals surface area contributed by atoms with E-state index in [0.717, 1.165) is 36.3 Å². The van der Waals surface area contributed by atoms with Gasteiger partial charge in [-0.05, 0) is 68.7 Å². The van der Waals surface area contributed by atoms with Gasteiger partial charge in [-0.25, -0.2) is 0 Å². The first-order valence-corrected chi connectivity index (χ1v) is 10.7. The van der Waals surface area contributed by atoms with Gasteiger partial charge in [0.15, 0.2) is 11.5 Å². The number of hydrogen-bond acceptors (Lipinski definition) is 4. The Balaban J connectivity index is 1.77. The first-order valence-electron chi connectivity index (χ1n) is 10.7. The second kappa shape index (κ2) is 10.1. The van der Waals surface area contributed by atoms with Crippen LogP contribution >= 0.6 is 0 Å². The van der Waals surface area contributed by atoms with Crippen molar-refractivity contribution in [2.24, 2.45) is 0 Å². The van der Waals surface area contributed by atoms with E-state index in [1.165, 1.54) is 0 Å².